The molecule has 2 nitrogen and oxygen atoms in total. The van der Waals surface area contributed by atoms with E-state index in [2.05, 4.69) is 16.8 Å². The molecule has 0 aromatic heterocycles. The van der Waals surface area contributed by atoms with E-state index in [9.17, 15) is 4.39 Å². The zero-order valence-corrected chi connectivity index (χ0v) is 12.8. The van der Waals surface area contributed by atoms with Crippen molar-refractivity contribution >= 4 is 36.4 Å². The molecule has 1 heterocycles. The highest BCUT2D eigenvalue weighted by Gasteiger charge is 2.22. The van der Waals surface area contributed by atoms with Gasteiger partial charge in [-0.2, -0.15) is 0 Å². The number of nitrogens with one attached hydrogen (secondary N) is 1. The average Bonchev–Trinajstić information content (AvgIpc) is 2.36. The van der Waals surface area contributed by atoms with E-state index in [1.807, 2.05) is 0 Å². The van der Waals surface area contributed by atoms with E-state index in [0.29, 0.717) is 10.6 Å². The maximum atomic E-state index is 13.8. The summed E-state index contributed by atoms with van der Waals surface area (Å²) in [7, 11) is 0. The molecule has 108 valence electrons. The van der Waals surface area contributed by atoms with Gasteiger partial charge in [0.15, 0.2) is 0 Å². The molecule has 1 aromatic carbocycles. The summed E-state index contributed by atoms with van der Waals surface area (Å²) < 4.78 is 13.8. The van der Waals surface area contributed by atoms with Gasteiger partial charge >= 0.3 is 0 Å². The van der Waals surface area contributed by atoms with Crippen molar-refractivity contribution in [1.82, 2.24) is 10.2 Å². The Kier molecular flexibility index (Phi) is 8.62. The van der Waals surface area contributed by atoms with Gasteiger partial charge in [0.25, 0.3) is 0 Å². The molecule has 0 radical (unpaired) electrons. The van der Waals surface area contributed by atoms with Gasteiger partial charge in [0.1, 0.15) is 5.82 Å². The van der Waals surface area contributed by atoms with Crippen LogP contribution in [0.25, 0.3) is 0 Å². The van der Waals surface area contributed by atoms with Gasteiger partial charge in [-0.25, -0.2) is 4.39 Å². The zero-order chi connectivity index (χ0) is 12.3. The lowest BCUT2D eigenvalue weighted by Gasteiger charge is -2.33. The lowest BCUT2D eigenvalue weighted by molar-refractivity contribution is 0.200. The van der Waals surface area contributed by atoms with Crippen molar-refractivity contribution in [2.75, 3.05) is 26.2 Å². The van der Waals surface area contributed by atoms with E-state index in [1.165, 1.54) is 6.07 Å². The van der Waals surface area contributed by atoms with Gasteiger partial charge in [0.05, 0.1) is 6.04 Å². The maximum Gasteiger partial charge on any atom is 0.128 e. The van der Waals surface area contributed by atoms with Crippen LogP contribution in [0.4, 0.5) is 4.39 Å². The molecule has 0 bridgehead atoms. The van der Waals surface area contributed by atoms with Crippen LogP contribution >= 0.6 is 36.4 Å². The second-order valence-electron chi connectivity index (χ2n) is 4.13. The number of piperazine rings is 1. The first-order valence-electron chi connectivity index (χ1n) is 5.74. The van der Waals surface area contributed by atoms with E-state index in [4.69, 9.17) is 11.6 Å². The van der Waals surface area contributed by atoms with Crippen molar-refractivity contribution < 1.29 is 4.39 Å². The summed E-state index contributed by atoms with van der Waals surface area (Å²) in [5.74, 6) is -0.224. The Morgan fingerprint density at radius 3 is 2.53 bits per heavy atom. The lowest BCUT2D eigenvalue weighted by atomic mass is 10.0. The molecule has 19 heavy (non-hydrogen) atoms. The predicted molar refractivity (Wildman–Crippen MR) is 83.3 cm³/mol. The van der Waals surface area contributed by atoms with Crippen LogP contribution in [0.2, 0.25) is 5.02 Å². The average molecular weight is 328 g/mol. The lowest BCUT2D eigenvalue weighted by Crippen LogP contribution is -2.44. The van der Waals surface area contributed by atoms with Gasteiger partial charge in [-0.1, -0.05) is 17.7 Å². The molecule has 0 spiro atoms. The molecule has 1 aliphatic heterocycles. The van der Waals surface area contributed by atoms with E-state index >= 15 is 0 Å². The highest BCUT2D eigenvalue weighted by atomic mass is 35.5. The predicted octanol–water partition coefficient (Wildman–Crippen LogP) is 3.46. The number of hydrogen-bond donors (Lipinski definition) is 1. The number of halogens is 4. The number of hydrogen-bond acceptors (Lipinski definition) is 2. The van der Waals surface area contributed by atoms with Crippen molar-refractivity contribution in [3.63, 3.8) is 0 Å². The fourth-order valence-corrected chi connectivity index (χ4v) is 2.35. The fourth-order valence-electron chi connectivity index (χ4n) is 2.17. The Labute approximate surface area is 130 Å². The smallest absolute Gasteiger partial charge is 0.128 e. The van der Waals surface area contributed by atoms with Gasteiger partial charge in [0.2, 0.25) is 0 Å². The van der Waals surface area contributed by atoms with Crippen LogP contribution in [0, 0.1) is 5.82 Å². The normalized spacial score (nSPS) is 16.9. The Balaban J connectivity index is 0.00000162. The summed E-state index contributed by atoms with van der Waals surface area (Å²) >= 11 is 5.92. The minimum atomic E-state index is -0.224. The molecule has 0 amide bonds. The summed E-state index contributed by atoms with van der Waals surface area (Å²) in [5.41, 5.74) is 0.606. The van der Waals surface area contributed by atoms with Crippen LogP contribution in [-0.2, 0) is 0 Å². The van der Waals surface area contributed by atoms with Gasteiger partial charge in [-0.3, -0.25) is 4.90 Å². The summed E-state index contributed by atoms with van der Waals surface area (Å²) in [6, 6.07) is 4.57. The molecule has 1 aromatic rings. The minimum absolute atomic E-state index is 0. The van der Waals surface area contributed by atoms with Crippen LogP contribution < -0.4 is 5.32 Å². The van der Waals surface area contributed by atoms with Crippen LogP contribution in [0.15, 0.2) is 30.9 Å². The van der Waals surface area contributed by atoms with Crippen molar-refractivity contribution in [2.24, 2.45) is 0 Å². The Morgan fingerprint density at radius 1 is 1.32 bits per heavy atom. The largest absolute Gasteiger partial charge is 0.314 e. The fraction of sp³-hybridized carbons (Fsp3) is 0.385. The van der Waals surface area contributed by atoms with Crippen LogP contribution in [0.1, 0.15) is 11.6 Å². The summed E-state index contributed by atoms with van der Waals surface area (Å²) in [5, 5.41) is 3.83. The Bertz CT molecular complexity index is 409. The van der Waals surface area contributed by atoms with Crippen molar-refractivity contribution in [2.45, 2.75) is 6.04 Å². The van der Waals surface area contributed by atoms with Crippen LogP contribution in [0.5, 0.6) is 0 Å². The van der Waals surface area contributed by atoms with E-state index in [-0.39, 0.29) is 36.7 Å². The third kappa shape index (κ3) is 4.62. The molecule has 6 heteroatoms. The number of rotatable bonds is 3. The van der Waals surface area contributed by atoms with Crippen LogP contribution in [0.3, 0.4) is 0 Å². The Hall–Kier alpha value is -0.320. The van der Waals surface area contributed by atoms with Crippen molar-refractivity contribution in [3.05, 3.63) is 47.3 Å². The van der Waals surface area contributed by atoms with Crippen molar-refractivity contribution in [1.29, 1.82) is 0 Å². The zero-order valence-electron chi connectivity index (χ0n) is 10.4. The summed E-state index contributed by atoms with van der Waals surface area (Å²) in [6.45, 7) is 7.44. The molecular weight excluding hydrogens is 310 g/mol. The second kappa shape index (κ2) is 8.77. The number of nitrogens with zero attached hydrogens (tertiary/aromatic N) is 1. The third-order valence-corrected chi connectivity index (χ3v) is 3.28. The first kappa shape index (κ1) is 18.7. The standard InChI is InChI=1S/C13H16ClFN2.2ClH/c1-2-13(17-7-5-16-6-8-17)11-9-10(14)3-4-12(11)15;;/h2-4,9,13,16H,1,5-8H2;2*1H/t13-;;/m1../s1. The Morgan fingerprint density at radius 2 is 1.95 bits per heavy atom. The summed E-state index contributed by atoms with van der Waals surface area (Å²) in [4.78, 5) is 2.21. The summed E-state index contributed by atoms with van der Waals surface area (Å²) in [6.07, 6.45) is 1.78. The van der Waals surface area contributed by atoms with Gasteiger partial charge < -0.3 is 5.32 Å². The van der Waals surface area contributed by atoms with E-state index < -0.39 is 0 Å². The molecule has 1 fully saturated rings. The van der Waals surface area contributed by atoms with E-state index in [0.717, 1.165) is 26.2 Å². The molecule has 2 rings (SSSR count). The highest BCUT2D eigenvalue weighted by molar-refractivity contribution is 6.30. The number of benzene rings is 1. The molecule has 0 saturated carbocycles. The third-order valence-electron chi connectivity index (χ3n) is 3.04. The van der Waals surface area contributed by atoms with E-state index in [1.54, 1.807) is 18.2 Å². The molecule has 0 unspecified atom stereocenters. The molecule has 1 atom stereocenters. The molecule has 1 N–H and O–H groups in total. The minimum Gasteiger partial charge on any atom is -0.314 e. The maximum absolute atomic E-state index is 13.8. The topological polar surface area (TPSA) is 15.3 Å². The first-order chi connectivity index (χ1) is 8.22. The van der Waals surface area contributed by atoms with Crippen LogP contribution in [-0.4, -0.2) is 31.1 Å². The van der Waals surface area contributed by atoms with Crippen molar-refractivity contribution in [3.8, 4) is 0 Å². The molecule has 1 aliphatic rings. The SMILES string of the molecule is C=C[C@H](c1cc(Cl)ccc1F)N1CCNCC1.Cl.Cl. The first-order valence-corrected chi connectivity index (χ1v) is 6.12. The molecule has 0 aliphatic carbocycles. The highest BCUT2D eigenvalue weighted by Crippen LogP contribution is 2.27. The molecular formula is C13H18Cl3FN2. The second-order valence-corrected chi connectivity index (χ2v) is 4.57. The molecule has 1 saturated heterocycles. The quantitative estimate of drug-likeness (QED) is 0.855. The monoisotopic (exact) mass is 326 g/mol. The van der Waals surface area contributed by atoms with Gasteiger partial charge in [0, 0.05) is 36.8 Å². The van der Waals surface area contributed by atoms with Gasteiger partial charge in [-0.05, 0) is 18.2 Å². The van der Waals surface area contributed by atoms with Gasteiger partial charge in [-0.15, -0.1) is 31.4 Å².